The summed E-state index contributed by atoms with van der Waals surface area (Å²) in [6, 6.07) is 15.3. The highest BCUT2D eigenvalue weighted by molar-refractivity contribution is 7.98. The van der Waals surface area contributed by atoms with Crippen LogP contribution in [0.15, 0.2) is 58.2 Å². The number of hydrogen-bond acceptors (Lipinski definition) is 7. The van der Waals surface area contributed by atoms with E-state index >= 15 is 0 Å². The molecule has 0 saturated heterocycles. The van der Waals surface area contributed by atoms with E-state index in [1.54, 1.807) is 16.8 Å². The molecule has 0 aliphatic heterocycles. The Bertz CT molecular complexity index is 1030. The molecular weight excluding hydrogens is 372 g/mol. The molecule has 2 heterocycles. The van der Waals surface area contributed by atoms with E-state index in [2.05, 4.69) is 25.7 Å². The quantitative estimate of drug-likeness (QED) is 0.481. The first-order valence-electron chi connectivity index (χ1n) is 7.76. The Labute approximate surface area is 158 Å². The molecule has 0 bridgehead atoms. The summed E-state index contributed by atoms with van der Waals surface area (Å²) in [5, 5.41) is 17.1. The van der Waals surface area contributed by atoms with Gasteiger partial charge in [0.2, 0.25) is 16.9 Å². The zero-order valence-corrected chi connectivity index (χ0v) is 15.3. The molecule has 0 spiro atoms. The number of tetrazole rings is 1. The highest BCUT2D eigenvalue weighted by Crippen LogP contribution is 2.24. The van der Waals surface area contributed by atoms with Crippen LogP contribution >= 0.6 is 23.4 Å². The molecular formula is C17H13ClN6OS. The van der Waals surface area contributed by atoms with Crippen molar-refractivity contribution in [3.63, 3.8) is 0 Å². The summed E-state index contributed by atoms with van der Waals surface area (Å²) >= 11 is 7.42. The number of aromatic nitrogens is 6. The van der Waals surface area contributed by atoms with E-state index in [0.29, 0.717) is 27.6 Å². The molecule has 0 unspecified atom stereocenters. The lowest BCUT2D eigenvalue weighted by atomic mass is 10.2. The lowest BCUT2D eigenvalue weighted by Gasteiger charge is -2.03. The van der Waals surface area contributed by atoms with Gasteiger partial charge in [0.05, 0.1) is 11.4 Å². The highest BCUT2D eigenvalue weighted by atomic mass is 35.5. The minimum Gasteiger partial charge on any atom is -0.338 e. The molecule has 4 aromatic rings. The summed E-state index contributed by atoms with van der Waals surface area (Å²) in [6.07, 6.45) is 0. The third-order valence-corrected chi connectivity index (χ3v) is 4.73. The van der Waals surface area contributed by atoms with E-state index in [-0.39, 0.29) is 0 Å². The van der Waals surface area contributed by atoms with Crippen molar-refractivity contribution in [1.82, 2.24) is 30.3 Å². The van der Waals surface area contributed by atoms with Gasteiger partial charge < -0.3 is 4.52 Å². The Morgan fingerprint density at radius 3 is 2.81 bits per heavy atom. The van der Waals surface area contributed by atoms with Crippen molar-refractivity contribution < 1.29 is 4.52 Å². The molecule has 0 N–H and O–H groups in total. The van der Waals surface area contributed by atoms with Crippen molar-refractivity contribution >= 4 is 23.4 Å². The van der Waals surface area contributed by atoms with Crippen LogP contribution in [0.25, 0.3) is 17.1 Å². The van der Waals surface area contributed by atoms with Gasteiger partial charge in [-0.15, -0.1) is 5.10 Å². The van der Waals surface area contributed by atoms with Crippen molar-refractivity contribution in [2.45, 2.75) is 17.8 Å². The van der Waals surface area contributed by atoms with E-state index in [9.17, 15) is 0 Å². The van der Waals surface area contributed by atoms with E-state index in [1.807, 2.05) is 43.3 Å². The zero-order valence-electron chi connectivity index (χ0n) is 13.7. The van der Waals surface area contributed by atoms with Crippen molar-refractivity contribution in [3.05, 3.63) is 65.0 Å². The predicted molar refractivity (Wildman–Crippen MR) is 98.2 cm³/mol. The molecule has 0 atom stereocenters. The molecule has 0 fully saturated rings. The molecule has 0 aliphatic carbocycles. The first-order chi connectivity index (χ1) is 12.7. The molecule has 4 rings (SSSR count). The van der Waals surface area contributed by atoms with Gasteiger partial charge >= 0.3 is 0 Å². The fourth-order valence-corrected chi connectivity index (χ4v) is 3.22. The summed E-state index contributed by atoms with van der Waals surface area (Å²) in [7, 11) is 0. The maximum Gasteiger partial charge on any atom is 0.237 e. The summed E-state index contributed by atoms with van der Waals surface area (Å²) in [5.41, 5.74) is 2.88. The van der Waals surface area contributed by atoms with Gasteiger partial charge in [-0.1, -0.05) is 58.3 Å². The minimum atomic E-state index is 0.458. The Hall–Kier alpha value is -2.71. The third kappa shape index (κ3) is 3.61. The molecule has 0 amide bonds. The molecule has 2 aromatic heterocycles. The number of rotatable bonds is 5. The average molecular weight is 385 g/mol. The van der Waals surface area contributed by atoms with Crippen LogP contribution in [0.3, 0.4) is 0 Å². The molecule has 26 heavy (non-hydrogen) atoms. The van der Waals surface area contributed by atoms with E-state index < -0.39 is 0 Å². The van der Waals surface area contributed by atoms with Gasteiger partial charge in [0.25, 0.3) is 0 Å². The normalized spacial score (nSPS) is 11.0. The van der Waals surface area contributed by atoms with E-state index in [0.717, 1.165) is 11.3 Å². The van der Waals surface area contributed by atoms with E-state index in [1.165, 1.54) is 17.3 Å². The van der Waals surface area contributed by atoms with Gasteiger partial charge in [0.15, 0.2) is 0 Å². The van der Waals surface area contributed by atoms with Gasteiger partial charge in [-0.05, 0) is 41.6 Å². The molecule has 9 heteroatoms. The van der Waals surface area contributed by atoms with Crippen LogP contribution in [-0.4, -0.2) is 30.3 Å². The monoisotopic (exact) mass is 384 g/mol. The van der Waals surface area contributed by atoms with Gasteiger partial charge in [-0.25, -0.2) is 0 Å². The Morgan fingerprint density at radius 1 is 1.15 bits per heavy atom. The Kier molecular flexibility index (Phi) is 4.68. The Morgan fingerprint density at radius 2 is 2.00 bits per heavy atom. The molecule has 0 radical (unpaired) electrons. The van der Waals surface area contributed by atoms with E-state index in [4.69, 9.17) is 16.1 Å². The van der Waals surface area contributed by atoms with Gasteiger partial charge in [0.1, 0.15) is 0 Å². The first-order valence-corrected chi connectivity index (χ1v) is 9.12. The summed E-state index contributed by atoms with van der Waals surface area (Å²) in [5.74, 6) is 1.45. The predicted octanol–water partition coefficient (Wildman–Crippen LogP) is 3.97. The summed E-state index contributed by atoms with van der Waals surface area (Å²) in [4.78, 5) is 4.40. The van der Waals surface area contributed by atoms with Crippen LogP contribution in [-0.2, 0) is 5.75 Å². The smallest absolute Gasteiger partial charge is 0.237 e. The van der Waals surface area contributed by atoms with Crippen molar-refractivity contribution in [1.29, 1.82) is 0 Å². The van der Waals surface area contributed by atoms with Crippen LogP contribution in [0.1, 0.15) is 11.5 Å². The average Bonchev–Trinajstić information content (AvgIpc) is 3.30. The van der Waals surface area contributed by atoms with Crippen LogP contribution in [0.5, 0.6) is 0 Å². The number of aryl methyl sites for hydroxylation is 1. The zero-order chi connectivity index (χ0) is 17.9. The fraction of sp³-hybridized carbons (Fsp3) is 0.118. The SMILES string of the molecule is Cc1ccc(-n2nnnc2SCc2nc(-c3cccc(Cl)c3)no2)cc1. The summed E-state index contributed by atoms with van der Waals surface area (Å²) in [6.45, 7) is 2.03. The topological polar surface area (TPSA) is 82.5 Å². The molecule has 130 valence electrons. The van der Waals surface area contributed by atoms with Crippen molar-refractivity contribution in [2.75, 3.05) is 0 Å². The minimum absolute atomic E-state index is 0.458. The second-order valence-corrected chi connectivity index (χ2v) is 6.90. The largest absolute Gasteiger partial charge is 0.338 e. The van der Waals surface area contributed by atoms with Gasteiger partial charge in [-0.3, -0.25) is 0 Å². The van der Waals surface area contributed by atoms with Crippen LogP contribution in [0.4, 0.5) is 0 Å². The number of halogens is 1. The lowest BCUT2D eigenvalue weighted by Crippen LogP contribution is -1.99. The van der Waals surface area contributed by atoms with Crippen LogP contribution in [0.2, 0.25) is 5.02 Å². The second kappa shape index (κ2) is 7.27. The maximum absolute atomic E-state index is 6.00. The molecule has 0 aliphatic rings. The lowest BCUT2D eigenvalue weighted by molar-refractivity contribution is 0.391. The van der Waals surface area contributed by atoms with Crippen molar-refractivity contribution in [3.8, 4) is 17.1 Å². The fourth-order valence-electron chi connectivity index (χ4n) is 2.30. The van der Waals surface area contributed by atoms with Crippen LogP contribution in [0, 0.1) is 6.92 Å². The number of thioether (sulfide) groups is 1. The molecule has 2 aromatic carbocycles. The third-order valence-electron chi connectivity index (χ3n) is 3.60. The first kappa shape index (κ1) is 16.7. The standard InChI is InChI=1S/C17H13ClN6OS/c1-11-5-7-14(8-6-11)24-17(20-22-23-24)26-10-15-19-16(21-25-15)12-3-2-4-13(18)9-12/h2-9H,10H2,1H3. The van der Waals surface area contributed by atoms with Gasteiger partial charge in [0, 0.05) is 10.6 Å². The number of hydrogen-bond donors (Lipinski definition) is 0. The van der Waals surface area contributed by atoms with Gasteiger partial charge in [-0.2, -0.15) is 9.67 Å². The van der Waals surface area contributed by atoms with Crippen LogP contribution < -0.4 is 0 Å². The molecule has 7 nitrogen and oxygen atoms in total. The number of benzene rings is 2. The number of nitrogens with zero attached hydrogens (tertiary/aromatic N) is 6. The highest BCUT2D eigenvalue weighted by Gasteiger charge is 2.13. The Balaban J connectivity index is 1.49. The second-order valence-electron chi connectivity index (χ2n) is 5.52. The summed E-state index contributed by atoms with van der Waals surface area (Å²) < 4.78 is 6.99. The maximum atomic E-state index is 6.00. The van der Waals surface area contributed by atoms with Crippen molar-refractivity contribution in [2.24, 2.45) is 0 Å². The molecule has 0 saturated carbocycles.